The molecule has 2 aromatic rings. The molecule has 0 spiro atoms. The summed E-state index contributed by atoms with van der Waals surface area (Å²) < 4.78 is 0. The number of anilines is 2. The highest BCUT2D eigenvalue weighted by molar-refractivity contribution is 5.91. The second kappa shape index (κ2) is 6.97. The van der Waals surface area contributed by atoms with Gasteiger partial charge in [-0.15, -0.1) is 0 Å². The maximum atomic E-state index is 13.1. The van der Waals surface area contributed by atoms with E-state index in [4.69, 9.17) is 0 Å². The third-order valence-electron chi connectivity index (χ3n) is 5.75. The van der Waals surface area contributed by atoms with Crippen LogP contribution < -0.4 is 10.6 Å². The van der Waals surface area contributed by atoms with E-state index in [0.29, 0.717) is 6.42 Å². The van der Waals surface area contributed by atoms with Crippen molar-refractivity contribution in [2.45, 2.75) is 40.2 Å². The molecule has 144 valence electrons. The Morgan fingerprint density at radius 1 is 1.04 bits per heavy atom. The first-order valence-corrected chi connectivity index (χ1v) is 9.96. The molecule has 0 saturated carbocycles. The Balaban J connectivity index is 1.80. The third-order valence-corrected chi connectivity index (χ3v) is 5.75. The predicted molar refractivity (Wildman–Crippen MR) is 117 cm³/mol. The standard InChI is InChI=1S/C25H28N2O/c1-16-12-20-21(13-17(16)2)27-22-14-25(3,4)15-23(28)24(22)19(26-20)11-10-18-8-6-5-7-9-18/h5-14,19,24,26-27H,15H2,1-4H3/b11-10-/t19-,24-/m0/s1. The summed E-state index contributed by atoms with van der Waals surface area (Å²) >= 11 is 0. The van der Waals surface area contributed by atoms with Crippen molar-refractivity contribution in [2.75, 3.05) is 10.6 Å². The van der Waals surface area contributed by atoms with E-state index in [0.717, 1.165) is 22.6 Å². The molecule has 0 radical (unpaired) electrons. The first kappa shape index (κ1) is 18.5. The lowest BCUT2D eigenvalue weighted by atomic mass is 9.73. The highest BCUT2D eigenvalue weighted by Crippen LogP contribution is 2.41. The van der Waals surface area contributed by atoms with Gasteiger partial charge in [-0.2, -0.15) is 0 Å². The van der Waals surface area contributed by atoms with Gasteiger partial charge in [0.25, 0.3) is 0 Å². The van der Waals surface area contributed by atoms with E-state index in [1.165, 1.54) is 11.1 Å². The molecule has 0 aromatic heterocycles. The topological polar surface area (TPSA) is 41.1 Å². The number of Topliss-reactive ketones (excluding diaryl/α,β-unsaturated/α-hetero) is 1. The number of nitrogens with one attached hydrogen (secondary N) is 2. The normalized spacial score (nSPS) is 23.1. The van der Waals surface area contributed by atoms with Crippen LogP contribution >= 0.6 is 0 Å². The van der Waals surface area contributed by atoms with Crippen molar-refractivity contribution in [3.63, 3.8) is 0 Å². The summed E-state index contributed by atoms with van der Waals surface area (Å²) in [4.78, 5) is 13.1. The number of hydrogen-bond acceptors (Lipinski definition) is 3. The Bertz CT molecular complexity index is 970. The van der Waals surface area contributed by atoms with Crippen molar-refractivity contribution < 1.29 is 4.79 Å². The Labute approximate surface area is 167 Å². The molecule has 0 amide bonds. The van der Waals surface area contributed by atoms with Crippen molar-refractivity contribution in [1.29, 1.82) is 0 Å². The minimum atomic E-state index is -0.207. The molecule has 0 bridgehead atoms. The van der Waals surface area contributed by atoms with Crippen molar-refractivity contribution in [2.24, 2.45) is 11.3 Å². The molecule has 2 aromatic carbocycles. The van der Waals surface area contributed by atoms with E-state index in [-0.39, 0.29) is 23.2 Å². The van der Waals surface area contributed by atoms with E-state index in [1.807, 2.05) is 18.2 Å². The SMILES string of the molecule is Cc1cc2c(cc1C)N[C@@H](/C=C\c1ccccc1)[C@@H]1C(=O)CC(C)(C)C=C1N2. The zero-order valence-corrected chi connectivity index (χ0v) is 17.0. The minimum Gasteiger partial charge on any atom is -0.376 e. The van der Waals surface area contributed by atoms with Crippen LogP contribution in [-0.2, 0) is 4.79 Å². The molecule has 2 aliphatic rings. The summed E-state index contributed by atoms with van der Waals surface area (Å²) in [6, 6.07) is 14.5. The maximum Gasteiger partial charge on any atom is 0.145 e. The fourth-order valence-corrected chi connectivity index (χ4v) is 4.20. The number of aryl methyl sites for hydroxylation is 2. The van der Waals surface area contributed by atoms with Crippen LogP contribution in [-0.4, -0.2) is 11.8 Å². The number of rotatable bonds is 2. The molecule has 3 heteroatoms. The molecule has 2 atom stereocenters. The molecule has 3 nitrogen and oxygen atoms in total. The number of benzene rings is 2. The number of carbonyl (C=O) groups excluding carboxylic acids is 1. The third kappa shape index (κ3) is 3.62. The van der Waals surface area contributed by atoms with Crippen LogP contribution in [0.25, 0.3) is 6.08 Å². The van der Waals surface area contributed by atoms with E-state index in [1.54, 1.807) is 0 Å². The largest absolute Gasteiger partial charge is 0.376 e. The van der Waals surface area contributed by atoms with Crippen LogP contribution in [0, 0.1) is 25.2 Å². The van der Waals surface area contributed by atoms with Crippen molar-refractivity contribution in [3.05, 3.63) is 77.0 Å². The van der Waals surface area contributed by atoms with Gasteiger partial charge < -0.3 is 10.6 Å². The summed E-state index contributed by atoms with van der Waals surface area (Å²) in [5, 5.41) is 7.23. The zero-order valence-electron chi connectivity index (χ0n) is 17.0. The lowest BCUT2D eigenvalue weighted by Gasteiger charge is -2.34. The molecule has 2 N–H and O–H groups in total. The Kier molecular flexibility index (Phi) is 4.62. The quantitative estimate of drug-likeness (QED) is 0.708. The van der Waals surface area contributed by atoms with Crippen molar-refractivity contribution >= 4 is 23.2 Å². The highest BCUT2D eigenvalue weighted by atomic mass is 16.1. The predicted octanol–water partition coefficient (Wildman–Crippen LogP) is 5.72. The molecule has 0 saturated heterocycles. The van der Waals surface area contributed by atoms with Gasteiger partial charge in [0.15, 0.2) is 0 Å². The molecule has 0 unspecified atom stereocenters. The van der Waals surface area contributed by atoms with Gasteiger partial charge in [0, 0.05) is 12.1 Å². The minimum absolute atomic E-state index is 0.0917. The Morgan fingerprint density at radius 3 is 2.43 bits per heavy atom. The van der Waals surface area contributed by atoms with Crippen LogP contribution in [0.1, 0.15) is 37.0 Å². The fourth-order valence-electron chi connectivity index (χ4n) is 4.20. The van der Waals surface area contributed by atoms with Gasteiger partial charge in [0.05, 0.1) is 23.3 Å². The molecule has 4 rings (SSSR count). The summed E-state index contributed by atoms with van der Waals surface area (Å²) in [7, 11) is 0. The van der Waals surface area contributed by atoms with Gasteiger partial charge in [-0.05, 0) is 48.1 Å². The van der Waals surface area contributed by atoms with Crippen LogP contribution in [0.15, 0.2) is 60.3 Å². The van der Waals surface area contributed by atoms with E-state index in [9.17, 15) is 4.79 Å². The number of carbonyl (C=O) groups is 1. The second-order valence-corrected chi connectivity index (χ2v) is 8.76. The van der Waals surface area contributed by atoms with Crippen molar-refractivity contribution in [3.8, 4) is 0 Å². The van der Waals surface area contributed by atoms with E-state index >= 15 is 0 Å². The lowest BCUT2D eigenvalue weighted by Crippen LogP contribution is -2.40. The summed E-state index contributed by atoms with van der Waals surface area (Å²) in [6.07, 6.45) is 7.05. The van der Waals surface area contributed by atoms with Crippen LogP contribution in [0.5, 0.6) is 0 Å². The molecule has 1 heterocycles. The number of ketones is 1. The van der Waals surface area contributed by atoms with Gasteiger partial charge in [-0.1, -0.05) is 62.4 Å². The number of fused-ring (bicyclic) bond motifs is 2. The molecular formula is C25H28N2O. The molecular weight excluding hydrogens is 344 g/mol. The molecule has 1 aliphatic heterocycles. The van der Waals surface area contributed by atoms with Gasteiger partial charge >= 0.3 is 0 Å². The van der Waals surface area contributed by atoms with Crippen LogP contribution in [0.3, 0.4) is 0 Å². The molecule has 1 aliphatic carbocycles. The Hall–Kier alpha value is -2.81. The molecule has 0 fully saturated rings. The van der Waals surface area contributed by atoms with Gasteiger partial charge in [-0.25, -0.2) is 0 Å². The zero-order chi connectivity index (χ0) is 19.9. The van der Waals surface area contributed by atoms with E-state index < -0.39 is 0 Å². The van der Waals surface area contributed by atoms with Gasteiger partial charge in [-0.3, -0.25) is 4.79 Å². The lowest BCUT2D eigenvalue weighted by molar-refractivity contribution is -0.123. The first-order chi connectivity index (χ1) is 13.3. The van der Waals surface area contributed by atoms with E-state index in [2.05, 4.69) is 80.8 Å². The number of hydrogen-bond donors (Lipinski definition) is 2. The second-order valence-electron chi connectivity index (χ2n) is 8.76. The fraction of sp³-hybridized carbons (Fsp3) is 0.320. The van der Waals surface area contributed by atoms with Crippen LogP contribution in [0.4, 0.5) is 11.4 Å². The smallest absolute Gasteiger partial charge is 0.145 e. The monoisotopic (exact) mass is 372 g/mol. The van der Waals surface area contributed by atoms with Gasteiger partial charge in [0.2, 0.25) is 0 Å². The molecule has 28 heavy (non-hydrogen) atoms. The number of allylic oxidation sites excluding steroid dienone is 1. The Morgan fingerprint density at radius 2 is 1.71 bits per heavy atom. The average Bonchev–Trinajstić information content (AvgIpc) is 2.76. The van der Waals surface area contributed by atoms with Crippen molar-refractivity contribution in [1.82, 2.24) is 0 Å². The highest BCUT2D eigenvalue weighted by Gasteiger charge is 2.40. The average molecular weight is 373 g/mol. The summed E-state index contributed by atoms with van der Waals surface area (Å²) in [5.74, 6) is 0.0764. The summed E-state index contributed by atoms with van der Waals surface area (Å²) in [6.45, 7) is 8.50. The van der Waals surface area contributed by atoms with Crippen LogP contribution in [0.2, 0.25) is 0 Å². The summed E-state index contributed by atoms with van der Waals surface area (Å²) in [5.41, 5.74) is 6.59. The maximum absolute atomic E-state index is 13.1. The van der Waals surface area contributed by atoms with Gasteiger partial charge in [0.1, 0.15) is 5.78 Å². The first-order valence-electron chi connectivity index (χ1n) is 9.96.